The summed E-state index contributed by atoms with van der Waals surface area (Å²) in [6, 6.07) is 9.24. The molecule has 2 aromatic rings. The number of carbonyl (C=O) groups excluding carboxylic acids is 1. The smallest absolute Gasteiger partial charge is 0.321 e. The van der Waals surface area contributed by atoms with Crippen molar-refractivity contribution in [3.05, 3.63) is 47.5 Å². The van der Waals surface area contributed by atoms with Gasteiger partial charge in [-0.3, -0.25) is 4.79 Å². The van der Waals surface area contributed by atoms with E-state index in [-0.39, 0.29) is 42.0 Å². The molecule has 0 unspecified atom stereocenters. The van der Waals surface area contributed by atoms with E-state index in [1.165, 1.54) is 14.2 Å². The van der Waals surface area contributed by atoms with Crippen LogP contribution in [0.4, 0.5) is 0 Å². The van der Waals surface area contributed by atoms with E-state index in [1.54, 1.807) is 43.3 Å². The van der Waals surface area contributed by atoms with E-state index in [0.29, 0.717) is 16.9 Å². The fourth-order valence-corrected chi connectivity index (χ4v) is 4.00. The summed E-state index contributed by atoms with van der Waals surface area (Å²) in [5, 5.41) is 31.8. The number of rotatable bonds is 6. The van der Waals surface area contributed by atoms with Crippen LogP contribution in [0.3, 0.4) is 0 Å². The lowest BCUT2D eigenvalue weighted by atomic mass is 9.80. The van der Waals surface area contributed by atoms with Crippen molar-refractivity contribution in [3.8, 4) is 23.0 Å². The van der Waals surface area contributed by atoms with Crippen LogP contribution in [-0.4, -0.2) is 42.7 Å². The molecule has 1 aliphatic rings. The van der Waals surface area contributed by atoms with Gasteiger partial charge in [0, 0.05) is 12.1 Å². The molecule has 8 heteroatoms. The maximum absolute atomic E-state index is 12.7. The van der Waals surface area contributed by atoms with Gasteiger partial charge in [0.15, 0.2) is 28.9 Å². The van der Waals surface area contributed by atoms with Crippen molar-refractivity contribution in [2.24, 2.45) is 5.92 Å². The summed E-state index contributed by atoms with van der Waals surface area (Å²) >= 11 is 0. The van der Waals surface area contributed by atoms with Crippen LogP contribution in [0.1, 0.15) is 36.6 Å². The second kappa shape index (κ2) is 9.04. The second-order valence-electron chi connectivity index (χ2n) is 7.08. The molecule has 5 N–H and O–H groups in total. The van der Waals surface area contributed by atoms with Gasteiger partial charge in [-0.05, 0) is 31.2 Å². The van der Waals surface area contributed by atoms with Gasteiger partial charge in [0.1, 0.15) is 12.1 Å². The van der Waals surface area contributed by atoms with Crippen molar-refractivity contribution in [2.75, 3.05) is 20.8 Å². The summed E-state index contributed by atoms with van der Waals surface area (Å²) in [6.07, 6.45) is 0.242. The summed E-state index contributed by atoms with van der Waals surface area (Å²) in [7, 11) is 2.92. The van der Waals surface area contributed by atoms with Gasteiger partial charge in [0.25, 0.3) is 0 Å². The van der Waals surface area contributed by atoms with Gasteiger partial charge < -0.3 is 35.1 Å². The topological polar surface area (TPSA) is 126 Å². The highest BCUT2D eigenvalue weighted by Crippen LogP contribution is 2.40. The SMILES string of the molecule is CCOC(=O)[C@@H]1C(=N)C[C@H](c2cccc(OC)c2O)[NH2+][C@@H]1c1cccc(OC)c1O. The number of carbonyl (C=O) groups is 1. The number of ether oxygens (including phenoxy) is 3. The largest absolute Gasteiger partial charge is 0.504 e. The molecule has 1 fully saturated rings. The summed E-state index contributed by atoms with van der Waals surface area (Å²) in [5.74, 6) is -0.857. The average molecular weight is 415 g/mol. The Hall–Kier alpha value is -3.26. The number of benzene rings is 2. The van der Waals surface area contributed by atoms with E-state index in [1.807, 2.05) is 5.32 Å². The summed E-state index contributed by atoms with van der Waals surface area (Å²) in [5.41, 5.74) is 1.23. The van der Waals surface area contributed by atoms with Crippen LogP contribution >= 0.6 is 0 Å². The Bertz CT molecular complexity index is 945. The number of phenols is 2. The van der Waals surface area contributed by atoms with Gasteiger partial charge in [0.2, 0.25) is 0 Å². The molecule has 3 atom stereocenters. The first-order valence-electron chi connectivity index (χ1n) is 9.73. The number of nitrogens with one attached hydrogen (secondary N) is 1. The van der Waals surface area contributed by atoms with E-state index in [2.05, 4.69) is 0 Å². The summed E-state index contributed by atoms with van der Waals surface area (Å²) in [4.78, 5) is 12.7. The van der Waals surface area contributed by atoms with Gasteiger partial charge >= 0.3 is 5.97 Å². The third-order valence-electron chi connectivity index (χ3n) is 5.41. The van der Waals surface area contributed by atoms with Crippen molar-refractivity contribution < 1.29 is 34.5 Å². The molecule has 30 heavy (non-hydrogen) atoms. The van der Waals surface area contributed by atoms with Crippen LogP contribution < -0.4 is 14.8 Å². The second-order valence-corrected chi connectivity index (χ2v) is 7.08. The van der Waals surface area contributed by atoms with Crippen LogP contribution in [0, 0.1) is 11.3 Å². The molecule has 0 amide bonds. The molecule has 0 spiro atoms. The van der Waals surface area contributed by atoms with E-state index in [0.717, 1.165) is 0 Å². The quantitative estimate of drug-likeness (QED) is 0.535. The van der Waals surface area contributed by atoms with Crippen molar-refractivity contribution in [3.63, 3.8) is 0 Å². The van der Waals surface area contributed by atoms with Crippen LogP contribution in [0.25, 0.3) is 0 Å². The third kappa shape index (κ3) is 3.91. The summed E-state index contributed by atoms with van der Waals surface area (Å²) in [6.45, 7) is 1.91. The van der Waals surface area contributed by atoms with Crippen LogP contribution in [0.2, 0.25) is 0 Å². The zero-order valence-corrected chi connectivity index (χ0v) is 17.2. The molecule has 0 saturated carbocycles. The van der Waals surface area contributed by atoms with Crippen molar-refractivity contribution in [1.29, 1.82) is 5.41 Å². The van der Waals surface area contributed by atoms with Crippen LogP contribution in [-0.2, 0) is 9.53 Å². The van der Waals surface area contributed by atoms with Crippen molar-refractivity contribution in [2.45, 2.75) is 25.4 Å². The maximum Gasteiger partial charge on any atom is 0.321 e. The number of hydrogen-bond acceptors (Lipinski definition) is 7. The minimum absolute atomic E-state index is 0.00255. The number of piperidine rings is 1. The first kappa shape index (κ1) is 21.4. The van der Waals surface area contributed by atoms with Crippen molar-refractivity contribution in [1.82, 2.24) is 0 Å². The highest BCUT2D eigenvalue weighted by Gasteiger charge is 2.46. The normalized spacial score (nSPS) is 21.2. The number of nitrogens with two attached hydrogens (primary N) is 1. The fraction of sp³-hybridized carbons (Fsp3) is 0.364. The Labute approximate surface area is 174 Å². The number of esters is 1. The first-order valence-corrected chi connectivity index (χ1v) is 9.73. The van der Waals surface area contributed by atoms with E-state index in [4.69, 9.17) is 19.6 Å². The minimum Gasteiger partial charge on any atom is -0.504 e. The third-order valence-corrected chi connectivity index (χ3v) is 5.41. The van der Waals surface area contributed by atoms with Gasteiger partial charge in [-0.2, -0.15) is 0 Å². The lowest BCUT2D eigenvalue weighted by Crippen LogP contribution is -2.90. The standard InChI is InChI=1S/C22H26N2O6/c1-4-30-22(27)18-14(23)11-15(12-7-5-9-16(28-2)20(12)25)24-19(18)13-8-6-10-17(29-3)21(13)26/h5-10,15,18-19,23-26H,4,11H2,1-3H3/p+1/t15-,18-,19-/m1/s1. The number of methoxy groups -OCH3 is 2. The molecule has 0 aromatic heterocycles. The molecule has 160 valence electrons. The summed E-state index contributed by atoms with van der Waals surface area (Å²) < 4.78 is 15.6. The molecular formula is C22H27N2O6+. The Balaban J connectivity index is 2.07. The molecule has 1 heterocycles. The molecule has 1 aliphatic heterocycles. The molecular weight excluding hydrogens is 388 g/mol. The highest BCUT2D eigenvalue weighted by atomic mass is 16.5. The average Bonchev–Trinajstić information content (AvgIpc) is 2.73. The maximum atomic E-state index is 12.7. The number of quaternary nitrogens is 1. The number of para-hydroxylation sites is 2. The Kier molecular flexibility index (Phi) is 6.47. The lowest BCUT2D eigenvalue weighted by Gasteiger charge is -2.34. The molecule has 8 nitrogen and oxygen atoms in total. The van der Waals surface area contributed by atoms with Crippen LogP contribution in [0.15, 0.2) is 36.4 Å². The van der Waals surface area contributed by atoms with Crippen molar-refractivity contribution >= 4 is 11.7 Å². The first-order chi connectivity index (χ1) is 14.4. The molecule has 2 aromatic carbocycles. The highest BCUT2D eigenvalue weighted by molar-refractivity contribution is 6.02. The van der Waals surface area contributed by atoms with Gasteiger partial charge in [-0.1, -0.05) is 12.1 Å². The van der Waals surface area contributed by atoms with E-state index < -0.39 is 17.9 Å². The number of phenolic OH excluding ortho intramolecular Hbond substituents is 2. The Morgan fingerprint density at radius 3 is 2.20 bits per heavy atom. The monoisotopic (exact) mass is 415 g/mol. The van der Waals surface area contributed by atoms with E-state index >= 15 is 0 Å². The molecule has 0 bridgehead atoms. The predicted octanol–water partition coefficient (Wildman–Crippen LogP) is 2.06. The number of hydrogen-bond donors (Lipinski definition) is 4. The fourth-order valence-electron chi connectivity index (χ4n) is 4.00. The zero-order valence-electron chi connectivity index (χ0n) is 17.2. The molecule has 0 radical (unpaired) electrons. The molecule has 3 rings (SSSR count). The van der Waals surface area contributed by atoms with E-state index in [9.17, 15) is 15.0 Å². The number of aromatic hydroxyl groups is 2. The van der Waals surface area contributed by atoms with Gasteiger partial charge in [-0.25, -0.2) is 0 Å². The van der Waals surface area contributed by atoms with Gasteiger partial charge in [-0.15, -0.1) is 0 Å². The zero-order chi connectivity index (χ0) is 21.8. The van der Waals surface area contributed by atoms with Gasteiger partial charge in [0.05, 0.1) is 32.0 Å². The van der Waals surface area contributed by atoms with Crippen LogP contribution in [0.5, 0.6) is 23.0 Å². The predicted molar refractivity (Wildman–Crippen MR) is 109 cm³/mol. The Morgan fingerprint density at radius 1 is 1.07 bits per heavy atom. The lowest BCUT2D eigenvalue weighted by molar-refractivity contribution is -0.740. The molecule has 1 saturated heterocycles. The molecule has 0 aliphatic carbocycles. The Morgan fingerprint density at radius 2 is 1.63 bits per heavy atom. The minimum atomic E-state index is -0.869.